The van der Waals surface area contributed by atoms with Crippen LogP contribution in [-0.4, -0.2) is 66.6 Å². The average molecular weight is 692 g/mol. The fourth-order valence-corrected chi connectivity index (χ4v) is 7.78. The van der Waals surface area contributed by atoms with Crippen LogP contribution < -0.4 is 15.8 Å². The van der Waals surface area contributed by atoms with Crippen molar-refractivity contribution >= 4 is 50.8 Å². The first-order chi connectivity index (χ1) is 21.8. The van der Waals surface area contributed by atoms with Crippen LogP contribution >= 0.6 is 22.9 Å². The van der Waals surface area contributed by atoms with Gasteiger partial charge in [-0.3, -0.25) is 13.8 Å². The normalized spacial score (nSPS) is 21.7. The van der Waals surface area contributed by atoms with Gasteiger partial charge in [0.05, 0.1) is 23.7 Å². The van der Waals surface area contributed by atoms with E-state index in [4.69, 9.17) is 25.7 Å². The highest BCUT2D eigenvalue weighted by atomic mass is 35.5. The number of carbonyl (C=O) groups is 2. The van der Waals surface area contributed by atoms with Crippen LogP contribution in [0.1, 0.15) is 76.0 Å². The zero-order chi connectivity index (χ0) is 33.2. The van der Waals surface area contributed by atoms with Crippen molar-refractivity contribution < 1.29 is 32.0 Å². The summed E-state index contributed by atoms with van der Waals surface area (Å²) >= 11 is 7.67. The number of aryl methyl sites for hydroxylation is 1. The number of rotatable bonds is 13. The molecule has 0 bridgehead atoms. The molecule has 1 aromatic carbocycles. The molecule has 0 saturated heterocycles. The van der Waals surface area contributed by atoms with Gasteiger partial charge in [-0.05, 0) is 73.9 Å². The molecule has 1 aliphatic carbocycles. The Hall–Kier alpha value is -2.98. The van der Waals surface area contributed by atoms with Crippen molar-refractivity contribution in [2.45, 2.75) is 70.7 Å². The van der Waals surface area contributed by atoms with Gasteiger partial charge in [0, 0.05) is 34.1 Å². The van der Waals surface area contributed by atoms with E-state index in [-0.39, 0.29) is 36.0 Å². The van der Waals surface area contributed by atoms with Crippen molar-refractivity contribution in [2.24, 2.45) is 17.0 Å². The van der Waals surface area contributed by atoms with Crippen LogP contribution in [0.15, 0.2) is 36.8 Å². The van der Waals surface area contributed by atoms with Gasteiger partial charge in [-0.1, -0.05) is 31.0 Å². The first kappa shape index (κ1) is 34.4. The Morgan fingerprint density at radius 2 is 2.02 bits per heavy atom. The zero-order valence-electron chi connectivity index (χ0n) is 25.7. The summed E-state index contributed by atoms with van der Waals surface area (Å²) < 4.78 is 33.6. The number of nitrogens with zero attached hydrogens (tertiary/aromatic N) is 2. The van der Waals surface area contributed by atoms with Crippen molar-refractivity contribution in [3.8, 4) is 0 Å². The van der Waals surface area contributed by atoms with Crippen molar-refractivity contribution in [3.05, 3.63) is 73.8 Å². The van der Waals surface area contributed by atoms with E-state index in [0.717, 1.165) is 28.8 Å². The standard InChI is InChI=1S/C31H38ClN5O7S2/c1-16(27(31(39)40)37-25-6-4-5-20(25)14-44-46(33,41)42)17(2)36-30-24(13-34-15-35-30)28(38)26-12-22(18(3)45-26)29-23-11-21(32)8-7-19(23)9-10-43-29/h7-8,11-13,15-17,20,25,27,29,37H,4-6,9-10,14H2,1-3H3,(H,39,40)(H2,33,41,42)(H,34,35,36)/t16-,17+,20?,25?,27-,29-/m0/s1. The molecule has 46 heavy (non-hydrogen) atoms. The molecule has 5 rings (SSSR count). The lowest BCUT2D eigenvalue weighted by Crippen LogP contribution is -2.52. The number of halogens is 1. The second kappa shape index (κ2) is 14.4. The lowest BCUT2D eigenvalue weighted by Gasteiger charge is -2.32. The second-order valence-corrected chi connectivity index (χ2v) is 14.8. The largest absolute Gasteiger partial charge is 0.480 e. The Morgan fingerprint density at radius 1 is 1.24 bits per heavy atom. The maximum atomic E-state index is 13.9. The number of aromatic nitrogens is 2. The third-order valence-electron chi connectivity index (χ3n) is 8.91. The SMILES string of the molecule is Cc1sc(C(=O)c2cncnc2N[C@H](C)[C@H](C)[C@H](NC2CCCC2COS(N)(=O)=O)C(=O)O)cc1[C@@H]1OCCc2ccc(Cl)cc21. The summed E-state index contributed by atoms with van der Waals surface area (Å²) in [6.45, 7) is 6.02. The molecule has 15 heteroatoms. The number of carbonyl (C=O) groups excluding carboxylic acids is 1. The number of nitrogens with two attached hydrogens (primary N) is 1. The number of carboxylic acid groups (broad SMARTS) is 1. The molecule has 248 valence electrons. The highest BCUT2D eigenvalue weighted by molar-refractivity contribution is 7.84. The number of ether oxygens (including phenoxy) is 1. The van der Waals surface area contributed by atoms with Gasteiger partial charge in [-0.2, -0.15) is 8.42 Å². The summed E-state index contributed by atoms with van der Waals surface area (Å²) in [5.41, 5.74) is 3.33. The Morgan fingerprint density at radius 3 is 2.76 bits per heavy atom. The molecule has 0 spiro atoms. The Balaban J connectivity index is 1.31. The minimum Gasteiger partial charge on any atom is -0.480 e. The number of anilines is 1. The van der Waals surface area contributed by atoms with Crippen LogP contribution in [0.4, 0.5) is 5.82 Å². The molecule has 0 amide bonds. The summed E-state index contributed by atoms with van der Waals surface area (Å²) in [5.74, 6) is -1.69. The van der Waals surface area contributed by atoms with Gasteiger partial charge in [0.2, 0.25) is 5.78 Å². The number of fused-ring (bicyclic) bond motifs is 1. The predicted molar refractivity (Wildman–Crippen MR) is 174 cm³/mol. The second-order valence-electron chi connectivity index (χ2n) is 11.9. The lowest BCUT2D eigenvalue weighted by atomic mass is 9.92. The van der Waals surface area contributed by atoms with Crippen molar-refractivity contribution in [1.29, 1.82) is 0 Å². The van der Waals surface area contributed by atoms with Crippen LogP contribution in [0.25, 0.3) is 0 Å². The summed E-state index contributed by atoms with van der Waals surface area (Å²) in [4.78, 5) is 36.2. The number of benzene rings is 1. The van der Waals surface area contributed by atoms with Crippen molar-refractivity contribution in [2.75, 3.05) is 18.5 Å². The average Bonchev–Trinajstić information content (AvgIpc) is 3.63. The molecule has 5 N–H and O–H groups in total. The molecule has 3 heterocycles. The number of nitrogens with one attached hydrogen (secondary N) is 2. The van der Waals surface area contributed by atoms with Gasteiger partial charge in [0.15, 0.2) is 0 Å². The summed E-state index contributed by atoms with van der Waals surface area (Å²) in [6, 6.07) is 5.98. The van der Waals surface area contributed by atoms with Crippen molar-refractivity contribution in [3.63, 3.8) is 0 Å². The number of aliphatic carboxylic acids is 1. The molecule has 1 saturated carbocycles. The number of hydrogen-bond acceptors (Lipinski definition) is 11. The van der Waals surface area contributed by atoms with E-state index in [1.807, 2.05) is 38.1 Å². The zero-order valence-corrected chi connectivity index (χ0v) is 28.1. The Bertz CT molecular complexity index is 1700. The molecule has 12 nitrogen and oxygen atoms in total. The maximum absolute atomic E-state index is 13.9. The van der Waals surface area contributed by atoms with E-state index in [1.54, 1.807) is 6.92 Å². The minimum absolute atomic E-state index is 0.117. The molecule has 1 aliphatic heterocycles. The van der Waals surface area contributed by atoms with Gasteiger partial charge in [-0.15, -0.1) is 11.3 Å². The van der Waals surface area contributed by atoms with E-state index >= 15 is 0 Å². The third kappa shape index (κ3) is 7.93. The highest BCUT2D eigenvalue weighted by Gasteiger charge is 2.36. The highest BCUT2D eigenvalue weighted by Crippen LogP contribution is 2.39. The van der Waals surface area contributed by atoms with Crippen LogP contribution in [0.2, 0.25) is 5.02 Å². The van der Waals surface area contributed by atoms with Gasteiger partial charge in [-0.25, -0.2) is 15.1 Å². The molecule has 2 unspecified atom stereocenters. The molecule has 2 aromatic heterocycles. The smallest absolute Gasteiger partial charge is 0.333 e. The van der Waals surface area contributed by atoms with E-state index in [9.17, 15) is 23.1 Å². The number of ketones is 1. The van der Waals surface area contributed by atoms with E-state index in [0.29, 0.717) is 35.2 Å². The summed E-state index contributed by atoms with van der Waals surface area (Å²) in [7, 11) is -4.10. The van der Waals surface area contributed by atoms with Crippen molar-refractivity contribution in [1.82, 2.24) is 15.3 Å². The number of carboxylic acids is 1. The van der Waals surface area contributed by atoms with Gasteiger partial charge in [0.1, 0.15) is 24.3 Å². The summed E-state index contributed by atoms with van der Waals surface area (Å²) in [5, 5.41) is 22.2. The molecular weight excluding hydrogens is 654 g/mol. The third-order valence-corrected chi connectivity index (χ3v) is 10.7. The van der Waals surface area contributed by atoms with Crippen LogP contribution in [0, 0.1) is 18.8 Å². The molecule has 0 radical (unpaired) electrons. The topological polar surface area (TPSA) is 183 Å². The summed E-state index contributed by atoms with van der Waals surface area (Å²) in [6.07, 6.45) is 5.40. The molecular formula is C31H38ClN5O7S2. The molecule has 6 atom stereocenters. The Kier molecular flexibility index (Phi) is 10.8. The lowest BCUT2D eigenvalue weighted by molar-refractivity contribution is -0.141. The fraction of sp³-hybridized carbons (Fsp3) is 0.484. The van der Waals surface area contributed by atoms with Crippen LogP contribution in [-0.2, 0) is 30.4 Å². The van der Waals surface area contributed by atoms with Crippen LogP contribution in [0.5, 0.6) is 0 Å². The predicted octanol–water partition coefficient (Wildman–Crippen LogP) is 4.26. The maximum Gasteiger partial charge on any atom is 0.333 e. The van der Waals surface area contributed by atoms with Gasteiger partial charge in [0.25, 0.3) is 0 Å². The molecule has 1 fully saturated rings. The monoisotopic (exact) mass is 691 g/mol. The molecule has 2 aliphatic rings. The fourth-order valence-electron chi connectivity index (χ4n) is 6.24. The van der Waals surface area contributed by atoms with Gasteiger partial charge < -0.3 is 20.5 Å². The minimum atomic E-state index is -4.10. The Labute approximate surface area is 277 Å². The van der Waals surface area contributed by atoms with E-state index in [2.05, 4.69) is 20.6 Å². The van der Waals surface area contributed by atoms with E-state index < -0.39 is 34.3 Å². The number of thiophene rings is 1. The van der Waals surface area contributed by atoms with E-state index in [1.165, 1.54) is 29.4 Å². The first-order valence-electron chi connectivity index (χ1n) is 15.1. The van der Waals surface area contributed by atoms with Gasteiger partial charge >= 0.3 is 16.3 Å². The quantitative estimate of drug-likeness (QED) is 0.188. The molecule has 3 aromatic rings. The first-order valence-corrected chi connectivity index (χ1v) is 17.8. The van der Waals surface area contributed by atoms with Crippen LogP contribution in [0.3, 0.4) is 0 Å². The number of hydrogen-bond donors (Lipinski definition) is 4.